The minimum atomic E-state index is 0.184. The van der Waals surface area contributed by atoms with Gasteiger partial charge in [0.05, 0.1) is 0 Å². The van der Waals surface area contributed by atoms with Crippen molar-refractivity contribution in [2.75, 3.05) is 39.3 Å². The van der Waals surface area contributed by atoms with E-state index < -0.39 is 0 Å². The third kappa shape index (κ3) is 6.43. The molecule has 2 heteroatoms. The van der Waals surface area contributed by atoms with E-state index in [1.54, 1.807) is 0 Å². The van der Waals surface area contributed by atoms with Crippen LogP contribution in [-0.4, -0.2) is 49.1 Å². The van der Waals surface area contributed by atoms with Gasteiger partial charge in [-0.15, -0.1) is 13.2 Å². The lowest BCUT2D eigenvalue weighted by Gasteiger charge is -2.45. The molecule has 0 aromatic heterocycles. The van der Waals surface area contributed by atoms with E-state index in [0.717, 1.165) is 39.3 Å². The molecule has 1 aliphatic heterocycles. The van der Waals surface area contributed by atoms with Crippen molar-refractivity contribution < 1.29 is 0 Å². The predicted molar refractivity (Wildman–Crippen MR) is 159 cm³/mol. The smallest absolute Gasteiger partial charge is 0.0194 e. The number of nitrogens with zero attached hydrogens (tertiary/aromatic N) is 2. The first-order valence-electron chi connectivity index (χ1n) is 14.3. The Bertz CT molecular complexity index is 800. The molecule has 2 nitrogen and oxygen atoms in total. The van der Waals surface area contributed by atoms with Crippen LogP contribution in [0.5, 0.6) is 0 Å². The van der Waals surface area contributed by atoms with Crippen LogP contribution in [0.3, 0.4) is 0 Å². The third-order valence-corrected chi connectivity index (χ3v) is 10.3. The Hall–Kier alpha value is -1.64. The maximum Gasteiger partial charge on any atom is 0.0194 e. The molecule has 0 aromatic rings. The highest BCUT2D eigenvalue weighted by Gasteiger charge is 2.40. The molecular formula is C34H54N2. The summed E-state index contributed by atoms with van der Waals surface area (Å²) in [4.78, 5) is 5.23. The summed E-state index contributed by atoms with van der Waals surface area (Å²) >= 11 is 0. The molecular weight excluding hydrogens is 436 g/mol. The SMILES string of the molecule is C=C[C@]1(C)CC[C@@H](C(=C)CN2CCN(CC(=C)[C@@H]3CC[C@@](C)(C=C)[C@H](C(=C)C)C3)CC2)C[C@H]1C(=C)C. The van der Waals surface area contributed by atoms with E-state index >= 15 is 0 Å². The lowest BCUT2D eigenvalue weighted by atomic mass is 9.61. The molecule has 3 rings (SSSR count). The van der Waals surface area contributed by atoms with E-state index in [4.69, 9.17) is 0 Å². The Kier molecular flexibility index (Phi) is 9.50. The molecule has 0 N–H and O–H groups in total. The van der Waals surface area contributed by atoms with Crippen molar-refractivity contribution in [3.63, 3.8) is 0 Å². The standard InChI is InChI=1S/C34H54N2/c1-11-33(9)15-13-29(21-31(33)25(3)4)27(7)23-35-17-19-36(20-18-35)24-28(8)30-14-16-34(10,12-2)32(22-30)26(5)6/h11-12,29-32H,1-3,5,7-8,13-24H2,4,6,9-10H3/t29-,30-,31+,32+,33-,34-/m1/s1. The van der Waals surface area contributed by atoms with Crippen molar-refractivity contribution in [3.8, 4) is 0 Å². The normalized spacial score (nSPS) is 36.1. The molecule has 200 valence electrons. The topological polar surface area (TPSA) is 6.48 Å². The predicted octanol–water partition coefficient (Wildman–Crippen LogP) is 8.09. The van der Waals surface area contributed by atoms with Gasteiger partial charge < -0.3 is 0 Å². The van der Waals surface area contributed by atoms with Crippen LogP contribution in [-0.2, 0) is 0 Å². The molecule has 3 aliphatic rings. The molecule has 2 aliphatic carbocycles. The first-order chi connectivity index (χ1) is 16.9. The van der Waals surface area contributed by atoms with E-state index in [1.165, 1.54) is 60.8 Å². The van der Waals surface area contributed by atoms with E-state index in [2.05, 4.69) is 89.1 Å². The summed E-state index contributed by atoms with van der Waals surface area (Å²) in [5.74, 6) is 2.24. The van der Waals surface area contributed by atoms with Gasteiger partial charge in [-0.25, -0.2) is 0 Å². The quantitative estimate of drug-likeness (QED) is 0.286. The van der Waals surface area contributed by atoms with Crippen molar-refractivity contribution in [2.45, 2.75) is 66.2 Å². The van der Waals surface area contributed by atoms with Crippen LogP contribution in [0.15, 0.2) is 73.9 Å². The average molecular weight is 491 g/mol. The van der Waals surface area contributed by atoms with E-state index in [1.807, 2.05) is 0 Å². The first kappa shape index (κ1) is 28.9. The summed E-state index contributed by atoms with van der Waals surface area (Å²) in [6, 6.07) is 0. The molecule has 0 spiro atoms. The molecule has 0 radical (unpaired) electrons. The Balaban J connectivity index is 1.46. The van der Waals surface area contributed by atoms with Gasteiger partial charge >= 0.3 is 0 Å². The van der Waals surface area contributed by atoms with Gasteiger partial charge in [0, 0.05) is 39.3 Å². The number of hydrogen-bond donors (Lipinski definition) is 0. The monoisotopic (exact) mass is 490 g/mol. The Morgan fingerprint density at radius 1 is 0.694 bits per heavy atom. The van der Waals surface area contributed by atoms with Crippen molar-refractivity contribution in [1.82, 2.24) is 9.80 Å². The molecule has 0 aromatic carbocycles. The van der Waals surface area contributed by atoms with Gasteiger partial charge in [-0.2, -0.15) is 0 Å². The fourth-order valence-corrected chi connectivity index (χ4v) is 7.36. The fourth-order valence-electron chi connectivity index (χ4n) is 7.36. The van der Waals surface area contributed by atoms with Crippen molar-refractivity contribution in [3.05, 3.63) is 73.9 Å². The average Bonchev–Trinajstić information content (AvgIpc) is 2.85. The summed E-state index contributed by atoms with van der Waals surface area (Å²) in [7, 11) is 0. The molecule has 1 heterocycles. The van der Waals surface area contributed by atoms with E-state index in [-0.39, 0.29) is 10.8 Å². The van der Waals surface area contributed by atoms with Gasteiger partial charge in [0.1, 0.15) is 0 Å². The lowest BCUT2D eigenvalue weighted by Crippen LogP contribution is -2.48. The summed E-state index contributed by atoms with van der Waals surface area (Å²) in [5, 5.41) is 0. The summed E-state index contributed by atoms with van der Waals surface area (Å²) in [6.45, 7) is 41.7. The van der Waals surface area contributed by atoms with E-state index in [9.17, 15) is 0 Å². The van der Waals surface area contributed by atoms with Crippen molar-refractivity contribution in [1.29, 1.82) is 0 Å². The zero-order chi connectivity index (χ0) is 26.7. The maximum absolute atomic E-state index is 4.57. The number of hydrogen-bond acceptors (Lipinski definition) is 2. The van der Waals surface area contributed by atoms with Gasteiger partial charge in [0.2, 0.25) is 0 Å². The van der Waals surface area contributed by atoms with Gasteiger partial charge in [-0.1, -0.05) is 74.6 Å². The molecule has 1 saturated heterocycles. The Morgan fingerprint density at radius 2 is 1.03 bits per heavy atom. The fraction of sp³-hybridized carbons (Fsp3) is 0.647. The van der Waals surface area contributed by atoms with Crippen molar-refractivity contribution >= 4 is 0 Å². The second-order valence-corrected chi connectivity index (χ2v) is 13.0. The van der Waals surface area contributed by atoms with Crippen LogP contribution >= 0.6 is 0 Å². The van der Waals surface area contributed by atoms with Crippen LogP contribution < -0.4 is 0 Å². The molecule has 6 atom stereocenters. The van der Waals surface area contributed by atoms with Crippen LogP contribution in [0.2, 0.25) is 0 Å². The summed E-state index contributed by atoms with van der Waals surface area (Å²) < 4.78 is 0. The minimum absolute atomic E-state index is 0.184. The highest BCUT2D eigenvalue weighted by Crippen LogP contribution is 2.50. The second-order valence-electron chi connectivity index (χ2n) is 13.0. The zero-order valence-electron chi connectivity index (χ0n) is 24.1. The number of allylic oxidation sites excluding steroid dienone is 4. The second kappa shape index (κ2) is 11.8. The highest BCUT2D eigenvalue weighted by molar-refractivity contribution is 5.18. The van der Waals surface area contributed by atoms with E-state index in [0.29, 0.717) is 23.7 Å². The lowest BCUT2D eigenvalue weighted by molar-refractivity contribution is 0.127. The summed E-state index contributed by atoms with van der Waals surface area (Å²) in [5.41, 5.74) is 5.80. The Morgan fingerprint density at radius 3 is 1.31 bits per heavy atom. The zero-order valence-corrected chi connectivity index (χ0v) is 24.1. The van der Waals surface area contributed by atoms with Crippen LogP contribution in [0.1, 0.15) is 66.2 Å². The van der Waals surface area contributed by atoms with Crippen LogP contribution in [0.25, 0.3) is 0 Å². The van der Waals surface area contributed by atoms with Crippen LogP contribution in [0.4, 0.5) is 0 Å². The third-order valence-electron chi connectivity index (χ3n) is 10.3. The minimum Gasteiger partial charge on any atom is -0.297 e. The highest BCUT2D eigenvalue weighted by atomic mass is 15.3. The molecule has 36 heavy (non-hydrogen) atoms. The molecule has 0 amide bonds. The van der Waals surface area contributed by atoms with Gasteiger partial charge in [-0.05, 0) is 86.9 Å². The van der Waals surface area contributed by atoms with Gasteiger partial charge in [-0.3, -0.25) is 9.80 Å². The molecule has 0 unspecified atom stereocenters. The van der Waals surface area contributed by atoms with Gasteiger partial charge in [0.15, 0.2) is 0 Å². The molecule has 2 saturated carbocycles. The largest absolute Gasteiger partial charge is 0.297 e. The summed E-state index contributed by atoms with van der Waals surface area (Å²) in [6.07, 6.45) is 11.5. The van der Waals surface area contributed by atoms with Crippen molar-refractivity contribution in [2.24, 2.45) is 34.5 Å². The number of rotatable bonds is 10. The molecule has 0 bridgehead atoms. The number of piperazine rings is 1. The Labute approximate surface area is 223 Å². The maximum atomic E-state index is 4.57. The van der Waals surface area contributed by atoms with Gasteiger partial charge in [0.25, 0.3) is 0 Å². The molecule has 3 fully saturated rings. The first-order valence-corrected chi connectivity index (χ1v) is 14.3. The van der Waals surface area contributed by atoms with Crippen LogP contribution in [0, 0.1) is 34.5 Å².